The molecule has 0 radical (unpaired) electrons. The van der Waals surface area contributed by atoms with Crippen LogP contribution in [0.15, 0.2) is 0 Å². The van der Waals surface area contributed by atoms with Crippen molar-refractivity contribution in [1.82, 2.24) is 5.32 Å². The Morgan fingerprint density at radius 2 is 1.85 bits per heavy atom. The first-order valence-electron chi connectivity index (χ1n) is 8.38. The van der Waals surface area contributed by atoms with E-state index in [4.69, 9.17) is 10.5 Å². The van der Waals surface area contributed by atoms with Crippen LogP contribution in [0.25, 0.3) is 0 Å². The number of rotatable bonds is 4. The molecule has 20 heavy (non-hydrogen) atoms. The Labute approximate surface area is 121 Å². The smallest absolute Gasteiger partial charge is 0.227 e. The third-order valence-electron chi connectivity index (χ3n) is 5.47. The van der Waals surface area contributed by atoms with Gasteiger partial charge in [0.05, 0.1) is 17.6 Å². The molecule has 1 saturated heterocycles. The first kappa shape index (κ1) is 14.3. The van der Waals surface area contributed by atoms with Gasteiger partial charge in [-0.3, -0.25) is 4.79 Å². The van der Waals surface area contributed by atoms with Crippen molar-refractivity contribution in [2.45, 2.75) is 69.9 Å². The maximum Gasteiger partial charge on any atom is 0.227 e. The fourth-order valence-corrected chi connectivity index (χ4v) is 3.91. The molecule has 1 heterocycles. The summed E-state index contributed by atoms with van der Waals surface area (Å²) in [6, 6.07) is 0.224. The molecule has 2 aliphatic carbocycles. The molecule has 0 bridgehead atoms. The van der Waals surface area contributed by atoms with E-state index in [-0.39, 0.29) is 23.5 Å². The van der Waals surface area contributed by atoms with Gasteiger partial charge in [0.1, 0.15) is 0 Å². The summed E-state index contributed by atoms with van der Waals surface area (Å²) in [6.45, 7) is 1.28. The maximum atomic E-state index is 12.8. The Morgan fingerprint density at radius 3 is 2.45 bits per heavy atom. The van der Waals surface area contributed by atoms with Crippen LogP contribution in [0.5, 0.6) is 0 Å². The number of nitrogens with one attached hydrogen (secondary N) is 1. The molecule has 0 spiro atoms. The van der Waals surface area contributed by atoms with Gasteiger partial charge in [0.2, 0.25) is 5.91 Å². The van der Waals surface area contributed by atoms with Crippen LogP contribution in [0.2, 0.25) is 0 Å². The highest BCUT2D eigenvalue weighted by molar-refractivity contribution is 5.83. The molecular weight excluding hydrogens is 252 g/mol. The SMILES string of the molecule is NCC1(C(=O)NC2CCOC2C2CC2)CCCCCC1. The number of carbonyl (C=O) groups excluding carboxylic acids is 1. The Hall–Kier alpha value is -0.610. The second kappa shape index (κ2) is 6.02. The molecule has 0 aromatic carbocycles. The van der Waals surface area contributed by atoms with Crippen LogP contribution < -0.4 is 11.1 Å². The van der Waals surface area contributed by atoms with Crippen molar-refractivity contribution in [2.75, 3.05) is 13.2 Å². The third-order valence-corrected chi connectivity index (χ3v) is 5.47. The van der Waals surface area contributed by atoms with E-state index >= 15 is 0 Å². The molecule has 114 valence electrons. The summed E-state index contributed by atoms with van der Waals surface area (Å²) in [5.41, 5.74) is 5.69. The molecule has 2 saturated carbocycles. The van der Waals surface area contributed by atoms with Gasteiger partial charge in [-0.1, -0.05) is 25.7 Å². The molecule has 3 fully saturated rings. The molecule has 4 nitrogen and oxygen atoms in total. The van der Waals surface area contributed by atoms with Gasteiger partial charge in [0.25, 0.3) is 0 Å². The average molecular weight is 280 g/mol. The van der Waals surface area contributed by atoms with E-state index in [2.05, 4.69) is 5.32 Å². The fourth-order valence-electron chi connectivity index (χ4n) is 3.91. The lowest BCUT2D eigenvalue weighted by Crippen LogP contribution is -2.51. The molecule has 4 heteroatoms. The normalized spacial score (nSPS) is 33.6. The number of ether oxygens (including phenoxy) is 1. The second-order valence-electron chi connectivity index (χ2n) is 6.94. The monoisotopic (exact) mass is 280 g/mol. The van der Waals surface area contributed by atoms with Gasteiger partial charge >= 0.3 is 0 Å². The molecular formula is C16H28N2O2. The van der Waals surface area contributed by atoms with Gasteiger partial charge in [-0.05, 0) is 38.0 Å². The molecule has 1 amide bonds. The summed E-state index contributed by atoms with van der Waals surface area (Å²) in [5, 5.41) is 3.30. The summed E-state index contributed by atoms with van der Waals surface area (Å²) in [4.78, 5) is 12.8. The van der Waals surface area contributed by atoms with Crippen LogP contribution in [0.1, 0.15) is 57.8 Å². The van der Waals surface area contributed by atoms with E-state index in [0.717, 1.165) is 38.7 Å². The minimum Gasteiger partial charge on any atom is -0.376 e. The highest BCUT2D eigenvalue weighted by Crippen LogP contribution is 2.40. The van der Waals surface area contributed by atoms with Gasteiger partial charge in [-0.2, -0.15) is 0 Å². The van der Waals surface area contributed by atoms with Crippen molar-refractivity contribution in [2.24, 2.45) is 17.1 Å². The van der Waals surface area contributed by atoms with Crippen LogP contribution >= 0.6 is 0 Å². The quantitative estimate of drug-likeness (QED) is 0.774. The van der Waals surface area contributed by atoms with Crippen molar-refractivity contribution in [1.29, 1.82) is 0 Å². The zero-order valence-electron chi connectivity index (χ0n) is 12.4. The van der Waals surface area contributed by atoms with Gasteiger partial charge in [0, 0.05) is 13.2 Å². The number of carbonyl (C=O) groups is 1. The van der Waals surface area contributed by atoms with E-state index in [1.54, 1.807) is 0 Å². The Balaban J connectivity index is 1.64. The van der Waals surface area contributed by atoms with Gasteiger partial charge in [0.15, 0.2) is 0 Å². The Morgan fingerprint density at radius 1 is 1.15 bits per heavy atom. The van der Waals surface area contributed by atoms with Crippen LogP contribution in [0.4, 0.5) is 0 Å². The zero-order valence-corrected chi connectivity index (χ0v) is 12.4. The number of hydrogen-bond acceptors (Lipinski definition) is 3. The van der Waals surface area contributed by atoms with Crippen molar-refractivity contribution < 1.29 is 9.53 Å². The van der Waals surface area contributed by atoms with E-state index in [1.165, 1.54) is 25.7 Å². The van der Waals surface area contributed by atoms with Crippen LogP contribution in [0, 0.1) is 11.3 Å². The predicted octanol–water partition coefficient (Wildman–Crippen LogP) is 1.97. The molecule has 3 aliphatic rings. The van der Waals surface area contributed by atoms with Crippen molar-refractivity contribution >= 4 is 5.91 Å². The summed E-state index contributed by atoms with van der Waals surface area (Å²) < 4.78 is 5.82. The number of hydrogen-bond donors (Lipinski definition) is 2. The van der Waals surface area contributed by atoms with Crippen LogP contribution in [-0.2, 0) is 9.53 Å². The maximum absolute atomic E-state index is 12.8. The summed E-state index contributed by atoms with van der Waals surface area (Å²) in [7, 11) is 0. The highest BCUT2D eigenvalue weighted by atomic mass is 16.5. The summed E-state index contributed by atoms with van der Waals surface area (Å²) in [5.74, 6) is 0.883. The van der Waals surface area contributed by atoms with Gasteiger partial charge < -0.3 is 15.8 Å². The van der Waals surface area contributed by atoms with Crippen molar-refractivity contribution in [3.63, 3.8) is 0 Å². The lowest BCUT2D eigenvalue weighted by molar-refractivity contribution is -0.132. The lowest BCUT2D eigenvalue weighted by atomic mass is 9.79. The third kappa shape index (κ3) is 2.86. The number of amides is 1. The molecule has 3 N–H and O–H groups in total. The molecule has 0 aromatic heterocycles. The summed E-state index contributed by atoms with van der Waals surface area (Å²) in [6.07, 6.45) is 10.4. The topological polar surface area (TPSA) is 64.4 Å². The van der Waals surface area contributed by atoms with Crippen LogP contribution in [-0.4, -0.2) is 31.2 Å². The van der Waals surface area contributed by atoms with E-state index < -0.39 is 0 Å². The number of nitrogens with two attached hydrogens (primary N) is 1. The second-order valence-corrected chi connectivity index (χ2v) is 6.94. The van der Waals surface area contributed by atoms with Crippen molar-refractivity contribution in [3.8, 4) is 0 Å². The van der Waals surface area contributed by atoms with Gasteiger partial charge in [-0.25, -0.2) is 0 Å². The lowest BCUT2D eigenvalue weighted by Gasteiger charge is -2.32. The predicted molar refractivity (Wildman–Crippen MR) is 78.2 cm³/mol. The molecule has 1 aliphatic heterocycles. The minimum absolute atomic E-state index is 0.197. The fraction of sp³-hybridized carbons (Fsp3) is 0.938. The molecule has 2 unspecified atom stereocenters. The molecule has 2 atom stereocenters. The zero-order chi connectivity index (χ0) is 14.0. The molecule has 3 rings (SSSR count). The Bertz CT molecular complexity index is 346. The van der Waals surface area contributed by atoms with E-state index in [0.29, 0.717) is 12.5 Å². The molecule has 0 aromatic rings. The van der Waals surface area contributed by atoms with Gasteiger partial charge in [-0.15, -0.1) is 0 Å². The Kier molecular flexibility index (Phi) is 4.32. The van der Waals surface area contributed by atoms with E-state index in [9.17, 15) is 4.79 Å². The standard InChI is InChI=1S/C16H28N2O2/c17-11-16(8-3-1-2-4-9-16)15(19)18-13-7-10-20-14(13)12-5-6-12/h12-14H,1-11,17H2,(H,18,19). The first-order chi connectivity index (χ1) is 9.75. The summed E-state index contributed by atoms with van der Waals surface area (Å²) >= 11 is 0. The highest BCUT2D eigenvalue weighted by Gasteiger charge is 2.44. The van der Waals surface area contributed by atoms with E-state index in [1.807, 2.05) is 0 Å². The van der Waals surface area contributed by atoms with Crippen molar-refractivity contribution in [3.05, 3.63) is 0 Å². The average Bonchev–Trinajstić information content (AvgIpc) is 3.24. The van der Waals surface area contributed by atoms with Crippen LogP contribution in [0.3, 0.4) is 0 Å². The largest absolute Gasteiger partial charge is 0.376 e. The first-order valence-corrected chi connectivity index (χ1v) is 8.38. The minimum atomic E-state index is -0.312.